The van der Waals surface area contributed by atoms with Crippen LogP contribution in [0.3, 0.4) is 0 Å². The summed E-state index contributed by atoms with van der Waals surface area (Å²) < 4.78 is 1.24. The van der Waals surface area contributed by atoms with Gasteiger partial charge in [-0.2, -0.15) is 17.7 Å². The lowest BCUT2D eigenvalue weighted by atomic mass is 10.1. The summed E-state index contributed by atoms with van der Waals surface area (Å²) in [7, 11) is 1.56. The number of aryl methyl sites for hydroxylation is 1. The highest BCUT2D eigenvalue weighted by molar-refractivity contribution is 7.79. The zero-order chi connectivity index (χ0) is 14.0. The van der Waals surface area contributed by atoms with Crippen LogP contribution in [0.25, 0.3) is 11.3 Å². The largest absolute Gasteiger partial charge is 0.270 e. The van der Waals surface area contributed by atoms with E-state index in [9.17, 15) is 14.9 Å². The van der Waals surface area contributed by atoms with E-state index < -0.39 is 4.92 Å². The van der Waals surface area contributed by atoms with Crippen molar-refractivity contribution < 1.29 is 4.92 Å². The third-order valence-corrected chi connectivity index (χ3v) is 3.02. The Kier molecular flexibility index (Phi) is 3.66. The van der Waals surface area contributed by atoms with Crippen molar-refractivity contribution >= 4 is 18.3 Å². The van der Waals surface area contributed by atoms with Crippen molar-refractivity contribution in [3.8, 4) is 11.3 Å². The summed E-state index contributed by atoms with van der Waals surface area (Å²) >= 11 is 4.10. The van der Waals surface area contributed by atoms with Crippen molar-refractivity contribution in [1.29, 1.82) is 0 Å². The number of benzene rings is 1. The second-order valence-corrected chi connectivity index (χ2v) is 4.26. The fraction of sp³-hybridized carbons (Fsp3) is 0.167. The molecule has 0 amide bonds. The van der Waals surface area contributed by atoms with Crippen molar-refractivity contribution in [3.05, 3.63) is 56.4 Å². The third-order valence-electron chi connectivity index (χ3n) is 2.68. The Morgan fingerprint density at radius 3 is 2.53 bits per heavy atom. The normalized spacial score (nSPS) is 10.4. The number of non-ortho nitro benzene ring substituents is 1. The highest BCUT2D eigenvalue weighted by Crippen LogP contribution is 2.20. The molecule has 6 nitrogen and oxygen atoms in total. The number of rotatable bonds is 3. The van der Waals surface area contributed by atoms with Gasteiger partial charge >= 0.3 is 0 Å². The molecular formula is C12H11N3O3S. The molecule has 7 heteroatoms. The molecule has 0 bridgehead atoms. The first-order chi connectivity index (χ1) is 9.02. The zero-order valence-corrected chi connectivity index (χ0v) is 11.0. The zero-order valence-electron chi connectivity index (χ0n) is 10.1. The first kappa shape index (κ1) is 13.3. The van der Waals surface area contributed by atoms with Crippen LogP contribution in [0.2, 0.25) is 0 Å². The fourth-order valence-electron chi connectivity index (χ4n) is 1.68. The van der Waals surface area contributed by atoms with E-state index in [2.05, 4.69) is 17.7 Å². The van der Waals surface area contributed by atoms with Crippen LogP contribution in [0.4, 0.5) is 5.69 Å². The van der Waals surface area contributed by atoms with Crippen LogP contribution in [0, 0.1) is 10.1 Å². The molecule has 1 heterocycles. The standard InChI is InChI=1S/C12H11N3O3S/c1-14-12(16)9(7-19)6-11(13-14)8-2-4-10(5-3-8)15(17)18/h2-6,19H,7H2,1H3. The topological polar surface area (TPSA) is 78.0 Å². The summed E-state index contributed by atoms with van der Waals surface area (Å²) in [6.45, 7) is 0. The van der Waals surface area contributed by atoms with Gasteiger partial charge in [0.1, 0.15) is 0 Å². The molecule has 0 aliphatic rings. The number of hydrogen-bond acceptors (Lipinski definition) is 5. The predicted octanol–water partition coefficient (Wildman–Crippen LogP) is 1.79. The maximum Gasteiger partial charge on any atom is 0.270 e. The first-order valence-corrected chi connectivity index (χ1v) is 6.09. The van der Waals surface area contributed by atoms with Gasteiger partial charge in [0.15, 0.2) is 0 Å². The van der Waals surface area contributed by atoms with E-state index in [1.54, 1.807) is 25.2 Å². The SMILES string of the molecule is Cn1nc(-c2ccc([N+](=O)[O-])cc2)cc(CS)c1=O. The van der Waals surface area contributed by atoms with Crippen molar-refractivity contribution in [2.75, 3.05) is 0 Å². The molecule has 0 aliphatic heterocycles. The molecule has 0 N–H and O–H groups in total. The van der Waals surface area contributed by atoms with Crippen LogP contribution in [0.1, 0.15) is 5.56 Å². The van der Waals surface area contributed by atoms with E-state index in [1.807, 2.05) is 0 Å². The summed E-state index contributed by atoms with van der Waals surface area (Å²) in [6.07, 6.45) is 0. The van der Waals surface area contributed by atoms with Gasteiger partial charge in [0.05, 0.1) is 10.6 Å². The van der Waals surface area contributed by atoms with Crippen LogP contribution in [0.5, 0.6) is 0 Å². The molecule has 0 aliphatic carbocycles. The van der Waals surface area contributed by atoms with Gasteiger partial charge in [0.25, 0.3) is 11.2 Å². The first-order valence-electron chi connectivity index (χ1n) is 5.46. The van der Waals surface area contributed by atoms with Gasteiger partial charge in [-0.25, -0.2) is 4.68 Å². The summed E-state index contributed by atoms with van der Waals surface area (Å²) in [5.74, 6) is 0.315. The molecule has 19 heavy (non-hydrogen) atoms. The number of hydrogen-bond donors (Lipinski definition) is 1. The monoisotopic (exact) mass is 277 g/mol. The molecule has 2 rings (SSSR count). The van der Waals surface area contributed by atoms with E-state index in [0.29, 0.717) is 22.6 Å². The van der Waals surface area contributed by atoms with Gasteiger partial charge in [0.2, 0.25) is 0 Å². The number of nitro benzene ring substituents is 1. The Morgan fingerprint density at radius 2 is 2.00 bits per heavy atom. The van der Waals surface area contributed by atoms with Crippen molar-refractivity contribution in [1.82, 2.24) is 9.78 Å². The third kappa shape index (κ3) is 2.65. The molecule has 1 aromatic carbocycles. The maximum atomic E-state index is 11.7. The van der Waals surface area contributed by atoms with Crippen molar-refractivity contribution in [3.63, 3.8) is 0 Å². The number of nitrogens with zero attached hydrogens (tertiary/aromatic N) is 3. The van der Waals surface area contributed by atoms with E-state index in [0.717, 1.165) is 0 Å². The van der Waals surface area contributed by atoms with E-state index in [-0.39, 0.29) is 11.2 Å². The van der Waals surface area contributed by atoms with E-state index in [1.165, 1.54) is 16.8 Å². The summed E-state index contributed by atoms with van der Waals surface area (Å²) in [4.78, 5) is 21.8. The molecule has 0 saturated heterocycles. The van der Waals surface area contributed by atoms with Gasteiger partial charge < -0.3 is 0 Å². The van der Waals surface area contributed by atoms with Crippen LogP contribution < -0.4 is 5.56 Å². The van der Waals surface area contributed by atoms with E-state index in [4.69, 9.17) is 0 Å². The molecule has 0 spiro atoms. The number of aromatic nitrogens is 2. The molecule has 0 radical (unpaired) electrons. The molecule has 1 aromatic heterocycles. The van der Waals surface area contributed by atoms with Crippen LogP contribution >= 0.6 is 12.6 Å². The van der Waals surface area contributed by atoms with Crippen LogP contribution in [-0.4, -0.2) is 14.7 Å². The van der Waals surface area contributed by atoms with Gasteiger partial charge in [-0.3, -0.25) is 14.9 Å². The molecular weight excluding hydrogens is 266 g/mol. The Bertz CT molecular complexity index is 680. The second-order valence-electron chi connectivity index (χ2n) is 3.95. The lowest BCUT2D eigenvalue weighted by Gasteiger charge is -2.05. The van der Waals surface area contributed by atoms with Crippen molar-refractivity contribution in [2.45, 2.75) is 5.75 Å². The highest BCUT2D eigenvalue weighted by Gasteiger charge is 2.09. The van der Waals surface area contributed by atoms with Gasteiger partial charge in [-0.05, 0) is 18.2 Å². The molecule has 0 atom stereocenters. The number of thiol groups is 1. The second kappa shape index (κ2) is 5.23. The van der Waals surface area contributed by atoms with Crippen molar-refractivity contribution in [2.24, 2.45) is 7.05 Å². The Labute approximate surface area is 114 Å². The minimum absolute atomic E-state index is 0.0167. The molecule has 0 saturated carbocycles. The van der Waals surface area contributed by atoms with E-state index >= 15 is 0 Å². The fourth-order valence-corrected chi connectivity index (χ4v) is 1.91. The Hall–Kier alpha value is -2.15. The Balaban J connectivity index is 2.50. The average molecular weight is 277 g/mol. The number of nitro groups is 1. The smallest absolute Gasteiger partial charge is 0.267 e. The lowest BCUT2D eigenvalue weighted by molar-refractivity contribution is -0.384. The average Bonchev–Trinajstić information content (AvgIpc) is 2.41. The minimum atomic E-state index is -0.461. The van der Waals surface area contributed by atoms with Gasteiger partial charge in [-0.1, -0.05) is 0 Å². The predicted molar refractivity (Wildman–Crippen MR) is 74.3 cm³/mol. The highest BCUT2D eigenvalue weighted by atomic mass is 32.1. The van der Waals surface area contributed by atoms with Crippen LogP contribution in [-0.2, 0) is 12.8 Å². The summed E-state index contributed by atoms with van der Waals surface area (Å²) in [5.41, 5.74) is 1.66. The van der Waals surface area contributed by atoms with Gasteiger partial charge in [-0.15, -0.1) is 0 Å². The lowest BCUT2D eigenvalue weighted by Crippen LogP contribution is -2.23. The quantitative estimate of drug-likeness (QED) is 0.527. The Morgan fingerprint density at radius 1 is 1.37 bits per heavy atom. The summed E-state index contributed by atoms with van der Waals surface area (Å²) in [6, 6.07) is 7.67. The maximum absolute atomic E-state index is 11.7. The molecule has 2 aromatic rings. The molecule has 98 valence electrons. The summed E-state index contributed by atoms with van der Waals surface area (Å²) in [5, 5.41) is 14.7. The minimum Gasteiger partial charge on any atom is -0.267 e. The van der Waals surface area contributed by atoms with Crippen LogP contribution in [0.15, 0.2) is 35.1 Å². The molecule has 0 fully saturated rings. The van der Waals surface area contributed by atoms with Gasteiger partial charge in [0, 0.05) is 36.1 Å². The molecule has 0 unspecified atom stereocenters.